The van der Waals surface area contributed by atoms with E-state index in [1.165, 1.54) is 4.90 Å². The van der Waals surface area contributed by atoms with Crippen molar-refractivity contribution in [2.75, 3.05) is 10.2 Å². The second-order valence-electron chi connectivity index (χ2n) is 7.91. The summed E-state index contributed by atoms with van der Waals surface area (Å²) in [5.74, 6) is -3.33. The monoisotopic (exact) mass is 404 g/mol. The van der Waals surface area contributed by atoms with Crippen LogP contribution in [0, 0.1) is 11.8 Å². The minimum atomic E-state index is -1.36. The van der Waals surface area contributed by atoms with Crippen molar-refractivity contribution in [2.24, 2.45) is 17.6 Å². The Balaban J connectivity index is 1.65. The van der Waals surface area contributed by atoms with Crippen LogP contribution in [0.3, 0.4) is 0 Å². The first-order chi connectivity index (χ1) is 14.4. The fraction of sp³-hybridized carbons (Fsp3) is 0.273. The minimum Gasteiger partial charge on any atom is -0.370 e. The smallest absolute Gasteiger partial charge is 0.250 e. The highest BCUT2D eigenvalue weighted by atomic mass is 16.2. The van der Waals surface area contributed by atoms with Gasteiger partial charge in [0.2, 0.25) is 23.6 Å². The van der Waals surface area contributed by atoms with Crippen LogP contribution in [-0.4, -0.2) is 29.7 Å². The Morgan fingerprint density at radius 2 is 1.70 bits per heavy atom. The normalized spacial score (nSPS) is 29.3. The average Bonchev–Trinajstić information content (AvgIpc) is 3.32. The Hall–Kier alpha value is -3.52. The topological polar surface area (TPSA) is 122 Å². The second kappa shape index (κ2) is 6.50. The molecule has 2 fully saturated rings. The first-order valence-corrected chi connectivity index (χ1v) is 9.85. The lowest BCUT2D eigenvalue weighted by Crippen LogP contribution is -2.53. The molecule has 2 saturated heterocycles. The molecular weight excluding hydrogens is 384 g/mol. The Labute approximate surface area is 172 Å². The van der Waals surface area contributed by atoms with Crippen molar-refractivity contribution in [3.05, 3.63) is 60.2 Å². The van der Waals surface area contributed by atoms with Gasteiger partial charge >= 0.3 is 0 Å². The van der Waals surface area contributed by atoms with Crippen molar-refractivity contribution in [2.45, 2.75) is 24.4 Å². The molecule has 2 aromatic carbocycles. The van der Waals surface area contributed by atoms with Crippen molar-refractivity contribution >= 4 is 35.0 Å². The Bertz CT molecular complexity index is 1090. The second-order valence-corrected chi connectivity index (χ2v) is 7.91. The zero-order valence-corrected chi connectivity index (χ0v) is 16.0. The summed E-state index contributed by atoms with van der Waals surface area (Å²) in [6.07, 6.45) is 0.308. The van der Waals surface area contributed by atoms with Crippen molar-refractivity contribution < 1.29 is 19.2 Å². The van der Waals surface area contributed by atoms with Gasteiger partial charge in [0.15, 0.2) is 0 Å². The highest BCUT2D eigenvalue weighted by Crippen LogP contribution is 2.53. The summed E-state index contributed by atoms with van der Waals surface area (Å²) in [7, 11) is 0. The van der Waals surface area contributed by atoms with E-state index in [9.17, 15) is 19.2 Å². The molecular formula is C22H20N4O4. The molecule has 8 nitrogen and oxygen atoms in total. The van der Waals surface area contributed by atoms with Crippen LogP contribution in [0.2, 0.25) is 0 Å². The summed E-state index contributed by atoms with van der Waals surface area (Å²) in [6, 6.07) is 15.3. The minimum absolute atomic E-state index is 0.0487. The summed E-state index contributed by atoms with van der Waals surface area (Å²) in [6.45, 7) is 0. The number of hydrogen-bond donors (Lipinski definition) is 3. The molecule has 2 aromatic rings. The molecule has 3 heterocycles. The third kappa shape index (κ3) is 2.37. The molecule has 4 unspecified atom stereocenters. The molecule has 0 aliphatic carbocycles. The van der Waals surface area contributed by atoms with Crippen molar-refractivity contribution in [1.29, 1.82) is 0 Å². The zero-order valence-electron chi connectivity index (χ0n) is 16.0. The molecule has 0 aromatic heterocycles. The Morgan fingerprint density at radius 3 is 2.43 bits per heavy atom. The predicted octanol–water partition coefficient (Wildman–Crippen LogP) is 0.877. The maximum absolute atomic E-state index is 13.6. The molecule has 1 spiro atoms. The standard InChI is InChI=1S/C22H20N4O4/c23-16(27)11-10-15-17-18(20(29)26(19(17)28)12-6-2-1-3-7-12)22(25-15)13-8-4-5-9-14(13)24-21(22)30/h1-9,15,17-18,25H,10-11H2,(H2,23,27)(H,24,30). The van der Waals surface area contributed by atoms with E-state index >= 15 is 0 Å². The highest BCUT2D eigenvalue weighted by Gasteiger charge is 2.70. The van der Waals surface area contributed by atoms with Crippen LogP contribution in [0.5, 0.6) is 0 Å². The largest absolute Gasteiger partial charge is 0.370 e. The lowest BCUT2D eigenvalue weighted by molar-refractivity contribution is -0.130. The van der Waals surface area contributed by atoms with Crippen LogP contribution in [0.25, 0.3) is 0 Å². The molecule has 8 heteroatoms. The molecule has 3 aliphatic rings. The number of rotatable bonds is 4. The van der Waals surface area contributed by atoms with Gasteiger partial charge in [-0.2, -0.15) is 0 Å². The zero-order chi connectivity index (χ0) is 21.0. The number of carbonyl (C=O) groups excluding carboxylic acids is 4. The van der Waals surface area contributed by atoms with Crippen LogP contribution < -0.4 is 21.3 Å². The lowest BCUT2D eigenvalue weighted by atomic mass is 9.76. The van der Waals surface area contributed by atoms with Gasteiger partial charge in [-0.15, -0.1) is 0 Å². The fourth-order valence-corrected chi connectivity index (χ4v) is 5.14. The van der Waals surface area contributed by atoms with Crippen LogP contribution in [0.15, 0.2) is 54.6 Å². The number of amides is 4. The molecule has 4 N–H and O–H groups in total. The van der Waals surface area contributed by atoms with Gasteiger partial charge in [0.25, 0.3) is 0 Å². The molecule has 0 saturated carbocycles. The molecule has 4 amide bonds. The summed E-state index contributed by atoms with van der Waals surface area (Å²) in [5.41, 5.74) is 5.69. The summed E-state index contributed by atoms with van der Waals surface area (Å²) in [5, 5.41) is 6.12. The van der Waals surface area contributed by atoms with Gasteiger partial charge in [-0.3, -0.25) is 24.5 Å². The van der Waals surface area contributed by atoms with Crippen LogP contribution in [0.4, 0.5) is 11.4 Å². The molecule has 3 aliphatic heterocycles. The predicted molar refractivity (Wildman–Crippen MR) is 108 cm³/mol. The number of para-hydroxylation sites is 2. The quantitative estimate of drug-likeness (QED) is 0.653. The number of benzene rings is 2. The number of nitrogens with one attached hydrogen (secondary N) is 2. The number of primary amides is 1. The highest BCUT2D eigenvalue weighted by molar-refractivity contribution is 6.25. The number of nitrogens with two attached hydrogens (primary N) is 1. The summed E-state index contributed by atoms with van der Waals surface area (Å²) < 4.78 is 0. The Kier molecular flexibility index (Phi) is 4.01. The van der Waals surface area contributed by atoms with Crippen LogP contribution in [-0.2, 0) is 24.7 Å². The van der Waals surface area contributed by atoms with E-state index in [-0.39, 0.29) is 24.7 Å². The summed E-state index contributed by atoms with van der Waals surface area (Å²) >= 11 is 0. The first kappa shape index (κ1) is 18.5. The van der Waals surface area contributed by atoms with Gasteiger partial charge in [0.1, 0.15) is 5.54 Å². The van der Waals surface area contributed by atoms with Gasteiger partial charge < -0.3 is 11.1 Å². The first-order valence-electron chi connectivity index (χ1n) is 9.85. The van der Waals surface area contributed by atoms with E-state index in [4.69, 9.17) is 5.73 Å². The maximum Gasteiger partial charge on any atom is 0.250 e. The SMILES string of the molecule is NC(=O)CCC1NC2(C(=O)Nc3ccccc32)C2C(=O)N(c3ccccc3)C(=O)C12. The van der Waals surface area contributed by atoms with Crippen LogP contribution in [0.1, 0.15) is 18.4 Å². The molecule has 0 radical (unpaired) electrons. The number of nitrogens with zero attached hydrogens (tertiary/aromatic N) is 1. The summed E-state index contributed by atoms with van der Waals surface area (Å²) in [4.78, 5) is 52.8. The number of imide groups is 1. The van der Waals surface area contributed by atoms with Gasteiger partial charge in [-0.1, -0.05) is 36.4 Å². The number of fused-ring (bicyclic) bond motifs is 4. The number of hydrogen-bond acceptors (Lipinski definition) is 5. The third-order valence-corrected chi connectivity index (χ3v) is 6.34. The van der Waals surface area contributed by atoms with E-state index in [1.807, 2.05) is 0 Å². The van der Waals surface area contributed by atoms with E-state index in [0.717, 1.165) is 0 Å². The van der Waals surface area contributed by atoms with Gasteiger partial charge in [-0.05, 0) is 24.6 Å². The Morgan fingerprint density at radius 1 is 1.00 bits per heavy atom. The van der Waals surface area contributed by atoms with Crippen LogP contribution >= 0.6 is 0 Å². The van der Waals surface area contributed by atoms with Gasteiger partial charge in [-0.25, -0.2) is 4.90 Å². The lowest BCUT2D eigenvalue weighted by Gasteiger charge is -2.29. The van der Waals surface area contributed by atoms with E-state index in [1.54, 1.807) is 54.6 Å². The van der Waals surface area contributed by atoms with E-state index in [2.05, 4.69) is 10.6 Å². The average molecular weight is 404 g/mol. The van der Waals surface area contributed by atoms with Gasteiger partial charge in [0.05, 0.1) is 17.5 Å². The van der Waals surface area contributed by atoms with Crippen molar-refractivity contribution in [1.82, 2.24) is 5.32 Å². The molecule has 30 heavy (non-hydrogen) atoms. The van der Waals surface area contributed by atoms with Crippen molar-refractivity contribution in [3.8, 4) is 0 Å². The van der Waals surface area contributed by atoms with Crippen molar-refractivity contribution in [3.63, 3.8) is 0 Å². The third-order valence-electron chi connectivity index (χ3n) is 6.34. The molecule has 0 bridgehead atoms. The molecule has 152 valence electrons. The molecule has 5 rings (SSSR count). The fourth-order valence-electron chi connectivity index (χ4n) is 5.14. The maximum atomic E-state index is 13.6. The van der Waals surface area contributed by atoms with E-state index < -0.39 is 35.2 Å². The number of carbonyl (C=O) groups is 4. The number of anilines is 2. The molecule has 4 atom stereocenters. The van der Waals surface area contributed by atoms with Gasteiger partial charge in [0, 0.05) is 23.7 Å². The van der Waals surface area contributed by atoms with E-state index in [0.29, 0.717) is 16.9 Å².